The molecule has 2 nitrogen and oxygen atoms in total. The Hall–Kier alpha value is -0.860. The average molecular weight is 272 g/mol. The summed E-state index contributed by atoms with van der Waals surface area (Å²) in [6.45, 7) is 7.22. The third-order valence-corrected chi connectivity index (χ3v) is 5.02. The lowest BCUT2D eigenvalue weighted by molar-refractivity contribution is 0.316. The molecule has 2 fully saturated rings. The van der Waals surface area contributed by atoms with E-state index in [9.17, 15) is 0 Å². The largest absolute Gasteiger partial charge is 0.312 e. The van der Waals surface area contributed by atoms with E-state index in [4.69, 9.17) is 0 Å². The van der Waals surface area contributed by atoms with Crippen LogP contribution >= 0.6 is 0 Å². The number of hydrogen-bond acceptors (Lipinski definition) is 2. The van der Waals surface area contributed by atoms with Crippen molar-refractivity contribution >= 4 is 0 Å². The van der Waals surface area contributed by atoms with Gasteiger partial charge in [-0.05, 0) is 43.2 Å². The first kappa shape index (κ1) is 14.1. The van der Waals surface area contributed by atoms with E-state index in [0.717, 1.165) is 24.4 Å². The van der Waals surface area contributed by atoms with Crippen LogP contribution in [0.5, 0.6) is 0 Å². The predicted octanol–water partition coefficient (Wildman–Crippen LogP) is 3.29. The highest BCUT2D eigenvalue weighted by Gasteiger charge is 2.25. The van der Waals surface area contributed by atoms with Gasteiger partial charge in [-0.2, -0.15) is 0 Å². The summed E-state index contributed by atoms with van der Waals surface area (Å²) in [4.78, 5) is 2.59. The van der Waals surface area contributed by atoms with Crippen LogP contribution in [0.25, 0.3) is 0 Å². The topological polar surface area (TPSA) is 15.3 Å². The minimum absolute atomic E-state index is 0.717. The Morgan fingerprint density at radius 2 is 2.00 bits per heavy atom. The van der Waals surface area contributed by atoms with Crippen LogP contribution in [-0.2, 0) is 6.54 Å². The molecular weight excluding hydrogens is 244 g/mol. The molecule has 1 N–H and O–H groups in total. The first-order chi connectivity index (χ1) is 9.79. The third-order valence-electron chi connectivity index (χ3n) is 5.02. The fourth-order valence-corrected chi connectivity index (χ4v) is 3.83. The van der Waals surface area contributed by atoms with Gasteiger partial charge >= 0.3 is 0 Å². The maximum atomic E-state index is 3.82. The number of nitrogens with one attached hydrogen (secondary N) is 1. The molecule has 0 bridgehead atoms. The van der Waals surface area contributed by atoms with E-state index in [1.807, 2.05) is 0 Å². The van der Waals surface area contributed by atoms with Gasteiger partial charge in [-0.25, -0.2) is 0 Å². The molecule has 0 spiro atoms. The van der Waals surface area contributed by atoms with Crippen molar-refractivity contribution < 1.29 is 0 Å². The van der Waals surface area contributed by atoms with Crippen molar-refractivity contribution in [1.29, 1.82) is 0 Å². The molecule has 1 saturated heterocycles. The van der Waals surface area contributed by atoms with Gasteiger partial charge in [0, 0.05) is 25.7 Å². The zero-order chi connectivity index (χ0) is 13.8. The molecule has 1 aliphatic carbocycles. The van der Waals surface area contributed by atoms with Crippen LogP contribution in [0.1, 0.15) is 38.2 Å². The van der Waals surface area contributed by atoms with Gasteiger partial charge < -0.3 is 5.32 Å². The van der Waals surface area contributed by atoms with Gasteiger partial charge in [-0.3, -0.25) is 4.90 Å². The number of hydrogen-bond donors (Lipinski definition) is 1. The molecule has 1 heterocycles. The van der Waals surface area contributed by atoms with Crippen molar-refractivity contribution in [3.05, 3.63) is 35.9 Å². The van der Waals surface area contributed by atoms with Gasteiger partial charge in [-0.1, -0.05) is 43.7 Å². The molecule has 20 heavy (non-hydrogen) atoms. The van der Waals surface area contributed by atoms with Gasteiger partial charge in [0.15, 0.2) is 0 Å². The zero-order valence-electron chi connectivity index (χ0n) is 12.7. The summed E-state index contributed by atoms with van der Waals surface area (Å²) < 4.78 is 0. The van der Waals surface area contributed by atoms with Gasteiger partial charge in [0.25, 0.3) is 0 Å². The van der Waals surface area contributed by atoms with Gasteiger partial charge in [0.2, 0.25) is 0 Å². The van der Waals surface area contributed by atoms with Crippen LogP contribution in [0, 0.1) is 11.8 Å². The van der Waals surface area contributed by atoms with Gasteiger partial charge in [0.1, 0.15) is 0 Å². The van der Waals surface area contributed by atoms with E-state index in [1.54, 1.807) is 0 Å². The second-order valence-corrected chi connectivity index (χ2v) is 6.90. The minimum atomic E-state index is 0.717. The molecule has 1 aliphatic heterocycles. The summed E-state index contributed by atoms with van der Waals surface area (Å²) >= 11 is 0. The normalized spacial score (nSPS) is 30.9. The first-order valence-electron chi connectivity index (χ1n) is 8.29. The van der Waals surface area contributed by atoms with Crippen LogP contribution in [0.2, 0.25) is 0 Å². The monoisotopic (exact) mass is 272 g/mol. The molecule has 1 saturated carbocycles. The van der Waals surface area contributed by atoms with E-state index >= 15 is 0 Å². The minimum Gasteiger partial charge on any atom is -0.312 e. The molecule has 3 rings (SSSR count). The average Bonchev–Trinajstić information content (AvgIpc) is 3.07. The molecule has 0 amide bonds. The van der Waals surface area contributed by atoms with E-state index in [1.165, 1.54) is 50.9 Å². The van der Waals surface area contributed by atoms with Crippen molar-refractivity contribution in [2.24, 2.45) is 11.8 Å². The van der Waals surface area contributed by atoms with Crippen molar-refractivity contribution in [3.63, 3.8) is 0 Å². The summed E-state index contributed by atoms with van der Waals surface area (Å²) in [7, 11) is 0. The quantitative estimate of drug-likeness (QED) is 0.885. The van der Waals surface area contributed by atoms with Crippen molar-refractivity contribution in [3.8, 4) is 0 Å². The fourth-order valence-electron chi connectivity index (χ4n) is 3.83. The van der Waals surface area contributed by atoms with Crippen LogP contribution in [0.3, 0.4) is 0 Å². The summed E-state index contributed by atoms with van der Waals surface area (Å²) in [6, 6.07) is 11.6. The van der Waals surface area contributed by atoms with E-state index in [2.05, 4.69) is 47.5 Å². The molecule has 2 aliphatic rings. The molecule has 3 atom stereocenters. The first-order valence-corrected chi connectivity index (χ1v) is 8.29. The molecule has 0 aromatic heterocycles. The van der Waals surface area contributed by atoms with Crippen LogP contribution in [0.4, 0.5) is 0 Å². The lowest BCUT2D eigenvalue weighted by Crippen LogP contribution is -2.35. The highest BCUT2D eigenvalue weighted by Crippen LogP contribution is 2.29. The molecule has 1 aromatic carbocycles. The Morgan fingerprint density at radius 1 is 1.15 bits per heavy atom. The Morgan fingerprint density at radius 3 is 2.75 bits per heavy atom. The molecule has 1 aromatic rings. The number of rotatable bonds is 5. The maximum Gasteiger partial charge on any atom is 0.0234 e. The van der Waals surface area contributed by atoms with Gasteiger partial charge in [-0.15, -0.1) is 0 Å². The molecular formula is C18H28N2. The lowest BCUT2D eigenvalue weighted by atomic mass is 10.1. The van der Waals surface area contributed by atoms with Crippen LogP contribution in [-0.4, -0.2) is 30.6 Å². The van der Waals surface area contributed by atoms with Crippen LogP contribution < -0.4 is 5.32 Å². The fraction of sp³-hybridized carbons (Fsp3) is 0.667. The smallest absolute Gasteiger partial charge is 0.0234 e. The van der Waals surface area contributed by atoms with Crippen molar-refractivity contribution in [2.75, 3.05) is 19.6 Å². The summed E-state index contributed by atoms with van der Waals surface area (Å²) in [5.41, 5.74) is 1.44. The standard InChI is InChI=1S/C18H28N2/c1-15-7-8-17(11-15)12-19-18-9-10-20(14-18)13-16-5-3-2-4-6-16/h2-6,15,17-19H,7-14H2,1H3. The van der Waals surface area contributed by atoms with Crippen LogP contribution in [0.15, 0.2) is 30.3 Å². The number of benzene rings is 1. The molecule has 2 heteroatoms. The van der Waals surface area contributed by atoms with E-state index in [0.29, 0.717) is 0 Å². The maximum absolute atomic E-state index is 3.82. The SMILES string of the molecule is CC1CCC(CNC2CCN(Cc3ccccc3)C2)C1. The Bertz CT molecular complexity index is 403. The second-order valence-electron chi connectivity index (χ2n) is 6.90. The van der Waals surface area contributed by atoms with E-state index in [-0.39, 0.29) is 0 Å². The van der Waals surface area contributed by atoms with Crippen molar-refractivity contribution in [1.82, 2.24) is 10.2 Å². The van der Waals surface area contributed by atoms with Crippen molar-refractivity contribution in [2.45, 2.75) is 45.2 Å². The number of nitrogens with zero attached hydrogens (tertiary/aromatic N) is 1. The second kappa shape index (κ2) is 6.73. The Kier molecular flexibility index (Phi) is 4.74. The molecule has 110 valence electrons. The summed E-state index contributed by atoms with van der Waals surface area (Å²) in [5.74, 6) is 1.90. The number of likely N-dealkylation sites (tertiary alicyclic amines) is 1. The molecule has 0 radical (unpaired) electrons. The van der Waals surface area contributed by atoms with Gasteiger partial charge in [0.05, 0.1) is 0 Å². The van der Waals surface area contributed by atoms with E-state index < -0.39 is 0 Å². The zero-order valence-corrected chi connectivity index (χ0v) is 12.7. The Labute approximate surface area is 123 Å². The Balaban J connectivity index is 1.39. The third kappa shape index (κ3) is 3.83. The lowest BCUT2D eigenvalue weighted by Gasteiger charge is -2.18. The molecule has 3 unspecified atom stereocenters. The predicted molar refractivity (Wildman–Crippen MR) is 84.6 cm³/mol. The highest BCUT2D eigenvalue weighted by atomic mass is 15.2. The summed E-state index contributed by atoms with van der Waals surface area (Å²) in [6.07, 6.45) is 5.63. The summed E-state index contributed by atoms with van der Waals surface area (Å²) in [5, 5.41) is 3.82. The highest BCUT2D eigenvalue weighted by molar-refractivity contribution is 5.14.